The van der Waals surface area contributed by atoms with Crippen LogP contribution in [0.5, 0.6) is 0 Å². The first-order valence-corrected chi connectivity index (χ1v) is 10.3. The van der Waals surface area contributed by atoms with Crippen LogP contribution in [-0.2, 0) is 4.79 Å². The molecule has 2 unspecified atom stereocenters. The molecule has 2 saturated heterocycles. The van der Waals surface area contributed by atoms with Crippen molar-refractivity contribution in [3.63, 3.8) is 0 Å². The number of amides is 2. The largest absolute Gasteiger partial charge is 0.349 e. The first kappa shape index (κ1) is 19.6. The molecule has 0 radical (unpaired) electrons. The molecule has 6 nitrogen and oxygen atoms in total. The number of piperidine rings is 1. The smallest absolute Gasteiger partial charge is 0.251 e. The lowest BCUT2D eigenvalue weighted by Crippen LogP contribution is -2.51. The maximum atomic E-state index is 12.9. The van der Waals surface area contributed by atoms with Crippen LogP contribution in [0.2, 0.25) is 0 Å². The molecule has 0 aliphatic carbocycles. The van der Waals surface area contributed by atoms with Gasteiger partial charge in [0.1, 0.15) is 6.04 Å². The second-order valence-corrected chi connectivity index (χ2v) is 7.93. The summed E-state index contributed by atoms with van der Waals surface area (Å²) in [5.74, 6) is 0.0968. The van der Waals surface area contributed by atoms with Crippen LogP contribution in [0.4, 0.5) is 0 Å². The fourth-order valence-corrected chi connectivity index (χ4v) is 4.22. The molecule has 0 bridgehead atoms. The van der Waals surface area contributed by atoms with Crippen LogP contribution in [0.25, 0.3) is 0 Å². The van der Waals surface area contributed by atoms with Crippen LogP contribution in [0.1, 0.15) is 46.8 Å². The molecule has 152 valence electrons. The van der Waals surface area contributed by atoms with Gasteiger partial charge in [0.15, 0.2) is 0 Å². The summed E-state index contributed by atoms with van der Waals surface area (Å²) in [5, 5.41) is 3.09. The molecule has 2 fully saturated rings. The number of rotatable bonds is 4. The molecule has 2 aromatic rings. The molecule has 0 saturated carbocycles. The monoisotopic (exact) mass is 392 g/mol. The predicted molar refractivity (Wildman–Crippen MR) is 112 cm³/mol. The number of hydrogen-bond acceptors (Lipinski definition) is 4. The van der Waals surface area contributed by atoms with Crippen LogP contribution in [-0.4, -0.2) is 41.9 Å². The van der Waals surface area contributed by atoms with E-state index in [2.05, 4.69) is 35.2 Å². The fraction of sp³-hybridized carbons (Fsp3) is 0.391. The highest BCUT2D eigenvalue weighted by Gasteiger charge is 2.34. The SMILES string of the molecule is Cc1ccccc1C1CC(C(=O)N2CCC(NC(=O)c3ccccc3)CC2)NN1. The van der Waals surface area contributed by atoms with E-state index in [4.69, 9.17) is 0 Å². The van der Waals surface area contributed by atoms with E-state index in [0.717, 1.165) is 19.3 Å². The van der Waals surface area contributed by atoms with Gasteiger partial charge in [0.25, 0.3) is 5.91 Å². The van der Waals surface area contributed by atoms with Gasteiger partial charge in [-0.1, -0.05) is 42.5 Å². The summed E-state index contributed by atoms with van der Waals surface area (Å²) < 4.78 is 0. The average molecular weight is 393 g/mol. The Morgan fingerprint density at radius 2 is 1.66 bits per heavy atom. The minimum absolute atomic E-state index is 0.0434. The van der Waals surface area contributed by atoms with Crippen molar-refractivity contribution in [2.24, 2.45) is 0 Å². The minimum Gasteiger partial charge on any atom is -0.349 e. The van der Waals surface area contributed by atoms with Crippen molar-refractivity contribution in [3.05, 3.63) is 71.3 Å². The topological polar surface area (TPSA) is 73.5 Å². The third-order valence-electron chi connectivity index (χ3n) is 5.94. The van der Waals surface area contributed by atoms with Gasteiger partial charge in [0.05, 0.1) is 0 Å². The standard InChI is InChI=1S/C23H28N4O2/c1-16-7-5-6-10-19(16)20-15-21(26-25-20)23(29)27-13-11-18(12-14-27)24-22(28)17-8-3-2-4-9-17/h2-10,18,20-21,25-26H,11-15H2,1H3,(H,24,28). The number of benzene rings is 2. The van der Waals surface area contributed by atoms with Crippen molar-refractivity contribution < 1.29 is 9.59 Å². The molecule has 4 rings (SSSR count). The Bertz CT molecular complexity index is 862. The summed E-state index contributed by atoms with van der Waals surface area (Å²) in [5.41, 5.74) is 9.61. The maximum Gasteiger partial charge on any atom is 0.251 e. The van der Waals surface area contributed by atoms with E-state index in [1.807, 2.05) is 47.4 Å². The zero-order valence-electron chi connectivity index (χ0n) is 16.7. The second kappa shape index (κ2) is 8.76. The van der Waals surface area contributed by atoms with Crippen molar-refractivity contribution in [2.75, 3.05) is 13.1 Å². The molecular weight excluding hydrogens is 364 g/mol. The van der Waals surface area contributed by atoms with Crippen LogP contribution < -0.4 is 16.2 Å². The molecule has 3 N–H and O–H groups in total. The van der Waals surface area contributed by atoms with E-state index in [1.165, 1.54) is 11.1 Å². The normalized spacial score (nSPS) is 22.4. The van der Waals surface area contributed by atoms with E-state index in [-0.39, 0.29) is 29.9 Å². The lowest BCUT2D eigenvalue weighted by atomic mass is 9.97. The maximum absolute atomic E-state index is 12.9. The van der Waals surface area contributed by atoms with Gasteiger partial charge in [-0.3, -0.25) is 9.59 Å². The van der Waals surface area contributed by atoms with Gasteiger partial charge in [-0.2, -0.15) is 0 Å². The minimum atomic E-state index is -0.213. The van der Waals surface area contributed by atoms with Crippen LogP contribution >= 0.6 is 0 Å². The van der Waals surface area contributed by atoms with Crippen molar-refractivity contribution in [1.29, 1.82) is 0 Å². The number of carbonyl (C=O) groups is 2. The molecule has 2 amide bonds. The highest BCUT2D eigenvalue weighted by atomic mass is 16.2. The molecule has 2 heterocycles. The quantitative estimate of drug-likeness (QED) is 0.747. The van der Waals surface area contributed by atoms with Crippen LogP contribution in [0.3, 0.4) is 0 Å². The van der Waals surface area contributed by atoms with E-state index in [0.29, 0.717) is 18.7 Å². The number of likely N-dealkylation sites (tertiary alicyclic amines) is 1. The lowest BCUT2D eigenvalue weighted by molar-refractivity contribution is -0.134. The number of nitrogens with zero attached hydrogens (tertiary/aromatic N) is 1. The number of hydrogen-bond donors (Lipinski definition) is 3. The Labute approximate surface area is 171 Å². The number of carbonyl (C=O) groups excluding carboxylic acids is 2. The van der Waals surface area contributed by atoms with Gasteiger partial charge >= 0.3 is 0 Å². The Balaban J connectivity index is 1.27. The molecule has 6 heteroatoms. The van der Waals surface area contributed by atoms with E-state index >= 15 is 0 Å². The molecule has 0 spiro atoms. The second-order valence-electron chi connectivity index (χ2n) is 7.93. The molecule has 0 aromatic heterocycles. The van der Waals surface area contributed by atoms with Crippen LogP contribution in [0, 0.1) is 6.92 Å². The van der Waals surface area contributed by atoms with E-state index in [1.54, 1.807) is 0 Å². The fourth-order valence-electron chi connectivity index (χ4n) is 4.22. The van der Waals surface area contributed by atoms with Gasteiger partial charge in [0, 0.05) is 30.7 Å². The summed E-state index contributed by atoms with van der Waals surface area (Å²) in [6.45, 7) is 3.44. The van der Waals surface area contributed by atoms with Crippen molar-refractivity contribution in [1.82, 2.24) is 21.1 Å². The first-order chi connectivity index (χ1) is 14.1. The Morgan fingerprint density at radius 3 is 2.38 bits per heavy atom. The lowest BCUT2D eigenvalue weighted by Gasteiger charge is -2.33. The summed E-state index contributed by atoms with van der Waals surface area (Å²) in [7, 11) is 0. The number of nitrogens with one attached hydrogen (secondary N) is 3. The van der Waals surface area contributed by atoms with E-state index in [9.17, 15) is 9.59 Å². The third-order valence-corrected chi connectivity index (χ3v) is 5.94. The summed E-state index contributed by atoms with van der Waals surface area (Å²) >= 11 is 0. The van der Waals surface area contributed by atoms with Gasteiger partial charge in [-0.15, -0.1) is 0 Å². The zero-order chi connectivity index (χ0) is 20.2. The molecule has 2 aliphatic heterocycles. The first-order valence-electron chi connectivity index (χ1n) is 10.3. The van der Waals surface area contributed by atoms with Gasteiger partial charge < -0.3 is 10.2 Å². The highest BCUT2D eigenvalue weighted by molar-refractivity contribution is 5.94. The molecule has 2 atom stereocenters. The van der Waals surface area contributed by atoms with Gasteiger partial charge in [0.2, 0.25) is 5.91 Å². The van der Waals surface area contributed by atoms with Crippen molar-refractivity contribution >= 4 is 11.8 Å². The van der Waals surface area contributed by atoms with Gasteiger partial charge in [-0.25, -0.2) is 10.9 Å². The molecule has 2 aromatic carbocycles. The molecular formula is C23H28N4O2. The average Bonchev–Trinajstić information content (AvgIpc) is 3.25. The van der Waals surface area contributed by atoms with Gasteiger partial charge in [-0.05, 0) is 49.4 Å². The summed E-state index contributed by atoms with van der Waals surface area (Å²) in [4.78, 5) is 27.2. The number of hydrazine groups is 1. The predicted octanol–water partition coefficient (Wildman–Crippen LogP) is 2.32. The molecule has 29 heavy (non-hydrogen) atoms. The third kappa shape index (κ3) is 4.49. The summed E-state index contributed by atoms with van der Waals surface area (Å²) in [6.07, 6.45) is 2.31. The Morgan fingerprint density at radius 1 is 0.966 bits per heavy atom. The number of aryl methyl sites for hydroxylation is 1. The van der Waals surface area contributed by atoms with Crippen LogP contribution in [0.15, 0.2) is 54.6 Å². The zero-order valence-corrected chi connectivity index (χ0v) is 16.7. The Hall–Kier alpha value is -2.70. The van der Waals surface area contributed by atoms with E-state index < -0.39 is 0 Å². The molecule has 2 aliphatic rings. The van der Waals surface area contributed by atoms with Crippen molar-refractivity contribution in [2.45, 2.75) is 44.3 Å². The Kier molecular flexibility index (Phi) is 5.92. The van der Waals surface area contributed by atoms with Crippen molar-refractivity contribution in [3.8, 4) is 0 Å². The summed E-state index contributed by atoms with van der Waals surface area (Å²) in [6, 6.07) is 17.6. The highest BCUT2D eigenvalue weighted by Crippen LogP contribution is 2.26.